The van der Waals surface area contributed by atoms with Gasteiger partial charge in [0.05, 0.1) is 11.0 Å². The Bertz CT molecular complexity index is 1280. The number of hydrazone groups is 1. The molecule has 0 atom stereocenters. The fourth-order valence-electron chi connectivity index (χ4n) is 3.67. The Kier molecular flexibility index (Phi) is 6.23. The zero-order valence-electron chi connectivity index (χ0n) is 17.0. The molecule has 3 aromatic rings. The van der Waals surface area contributed by atoms with E-state index in [-0.39, 0.29) is 22.2 Å². The molecule has 4 rings (SSSR count). The molecular weight excluding hydrogens is 452 g/mol. The molecule has 0 spiro atoms. The van der Waals surface area contributed by atoms with E-state index in [9.17, 15) is 8.42 Å². The van der Waals surface area contributed by atoms with Crippen LogP contribution in [0.3, 0.4) is 0 Å². The summed E-state index contributed by atoms with van der Waals surface area (Å²) < 4.78 is 27.7. The molecule has 1 aliphatic rings. The van der Waals surface area contributed by atoms with Crippen molar-refractivity contribution >= 4 is 44.8 Å². The second kappa shape index (κ2) is 8.93. The Hall–Kier alpha value is -2.88. The third kappa shape index (κ3) is 4.36. The molecule has 1 aromatic heterocycles. The number of benzene rings is 2. The molecule has 0 radical (unpaired) electrons. The number of nitrogens with zero attached hydrogens (tertiary/aromatic N) is 3. The molecule has 0 saturated carbocycles. The number of rotatable bonds is 6. The lowest BCUT2D eigenvalue weighted by Crippen LogP contribution is -2.39. The summed E-state index contributed by atoms with van der Waals surface area (Å²) in [6.07, 6.45) is 0. The SMILES string of the molecule is NN/N=C(\N)c1c(-c2cccc3[nH]c(N)nc23)ccc(SN2CCNCC2)c1S(N)(=O)=O. The van der Waals surface area contributed by atoms with Gasteiger partial charge in [-0.05, 0) is 29.6 Å². The molecule has 2 heterocycles. The van der Waals surface area contributed by atoms with Gasteiger partial charge in [0.15, 0.2) is 11.8 Å². The Balaban J connectivity index is 1.99. The van der Waals surface area contributed by atoms with Gasteiger partial charge < -0.3 is 21.8 Å². The van der Waals surface area contributed by atoms with Gasteiger partial charge in [0.1, 0.15) is 4.90 Å². The van der Waals surface area contributed by atoms with Gasteiger partial charge in [-0.3, -0.25) is 0 Å². The van der Waals surface area contributed by atoms with Gasteiger partial charge in [0.25, 0.3) is 0 Å². The van der Waals surface area contributed by atoms with Crippen molar-refractivity contribution < 1.29 is 8.42 Å². The lowest BCUT2D eigenvalue weighted by molar-refractivity contribution is 0.396. The smallest absolute Gasteiger partial charge is 0.239 e. The normalized spacial score (nSPS) is 15.9. The fourth-order valence-corrected chi connectivity index (χ4v) is 5.93. The molecule has 170 valence electrons. The number of hydrogen-bond donors (Lipinski definition) is 7. The van der Waals surface area contributed by atoms with Crippen molar-refractivity contribution in [2.45, 2.75) is 9.79 Å². The fraction of sp³-hybridized carbons (Fsp3) is 0.222. The Labute approximate surface area is 188 Å². The average molecular weight is 477 g/mol. The lowest BCUT2D eigenvalue weighted by Gasteiger charge is -2.27. The number of anilines is 1. The van der Waals surface area contributed by atoms with Crippen LogP contribution in [0.2, 0.25) is 0 Å². The summed E-state index contributed by atoms with van der Waals surface area (Å²) in [6.45, 7) is 3.08. The molecule has 0 amide bonds. The van der Waals surface area contributed by atoms with Gasteiger partial charge in [-0.25, -0.2) is 34.2 Å². The number of primary sulfonamides is 1. The van der Waals surface area contributed by atoms with Crippen LogP contribution >= 0.6 is 11.9 Å². The molecule has 32 heavy (non-hydrogen) atoms. The number of nitrogens with one attached hydrogen (secondary N) is 3. The van der Waals surface area contributed by atoms with E-state index in [1.807, 2.05) is 6.07 Å². The van der Waals surface area contributed by atoms with E-state index in [0.29, 0.717) is 27.1 Å². The zero-order chi connectivity index (χ0) is 22.9. The minimum Gasteiger partial charge on any atom is -0.382 e. The molecule has 2 aromatic carbocycles. The van der Waals surface area contributed by atoms with Crippen LogP contribution < -0.4 is 33.3 Å². The van der Waals surface area contributed by atoms with E-state index in [4.69, 9.17) is 22.4 Å². The molecule has 0 unspecified atom stereocenters. The van der Waals surface area contributed by atoms with E-state index in [1.54, 1.807) is 24.3 Å². The molecule has 11 N–H and O–H groups in total. The Morgan fingerprint density at radius 1 is 1.19 bits per heavy atom. The number of hydrogen-bond acceptors (Lipinski definition) is 10. The maximum atomic E-state index is 12.8. The van der Waals surface area contributed by atoms with Crippen molar-refractivity contribution in [2.24, 2.45) is 21.8 Å². The van der Waals surface area contributed by atoms with Crippen LogP contribution in [0.15, 0.2) is 45.2 Å². The summed E-state index contributed by atoms with van der Waals surface area (Å²) in [5.41, 5.74) is 16.6. The predicted octanol–water partition coefficient (Wildman–Crippen LogP) is -0.545. The van der Waals surface area contributed by atoms with Crippen molar-refractivity contribution in [3.8, 4) is 11.1 Å². The quantitative estimate of drug-likeness (QED) is 0.0794. The molecular formula is C18H24N10O2S2. The number of aromatic nitrogens is 2. The summed E-state index contributed by atoms with van der Waals surface area (Å²) in [4.78, 5) is 7.62. The summed E-state index contributed by atoms with van der Waals surface area (Å²) >= 11 is 1.31. The lowest BCUT2D eigenvalue weighted by atomic mass is 9.97. The van der Waals surface area contributed by atoms with Gasteiger partial charge in [-0.1, -0.05) is 18.2 Å². The number of H-pyrrole nitrogens is 1. The average Bonchev–Trinajstić information content (AvgIpc) is 3.14. The topological polar surface area (TPSA) is 207 Å². The molecule has 1 saturated heterocycles. The number of para-hydroxylation sites is 1. The first-order chi connectivity index (χ1) is 15.3. The summed E-state index contributed by atoms with van der Waals surface area (Å²) in [5, 5.41) is 12.8. The van der Waals surface area contributed by atoms with E-state index >= 15 is 0 Å². The molecule has 1 aliphatic heterocycles. The number of aromatic amines is 1. The van der Waals surface area contributed by atoms with Crippen molar-refractivity contribution in [3.05, 3.63) is 35.9 Å². The largest absolute Gasteiger partial charge is 0.382 e. The highest BCUT2D eigenvalue weighted by Crippen LogP contribution is 2.38. The number of amidine groups is 1. The van der Waals surface area contributed by atoms with Gasteiger partial charge in [-0.15, -0.1) is 5.10 Å². The number of nitrogens with two attached hydrogens (primary N) is 4. The van der Waals surface area contributed by atoms with E-state index in [2.05, 4.69) is 30.2 Å². The van der Waals surface area contributed by atoms with Crippen molar-refractivity contribution in [2.75, 3.05) is 31.9 Å². The Morgan fingerprint density at radius 3 is 2.62 bits per heavy atom. The van der Waals surface area contributed by atoms with Gasteiger partial charge in [-0.2, -0.15) is 0 Å². The van der Waals surface area contributed by atoms with Gasteiger partial charge >= 0.3 is 0 Å². The number of hydrazine groups is 1. The summed E-state index contributed by atoms with van der Waals surface area (Å²) in [5.74, 6) is 5.45. The second-order valence-electron chi connectivity index (χ2n) is 7.08. The van der Waals surface area contributed by atoms with Crippen molar-refractivity contribution in [1.29, 1.82) is 0 Å². The number of imidazole rings is 1. The second-order valence-corrected chi connectivity index (χ2v) is 9.72. The minimum absolute atomic E-state index is 0.129. The Morgan fingerprint density at radius 2 is 1.94 bits per heavy atom. The third-order valence-corrected chi connectivity index (χ3v) is 7.25. The van der Waals surface area contributed by atoms with Crippen LogP contribution in [-0.4, -0.2) is 54.7 Å². The molecule has 14 heteroatoms. The molecule has 0 aliphatic carbocycles. The highest BCUT2D eigenvalue weighted by atomic mass is 32.2. The maximum absolute atomic E-state index is 12.8. The van der Waals surface area contributed by atoms with Crippen molar-refractivity contribution in [1.82, 2.24) is 25.1 Å². The first-order valence-corrected chi connectivity index (χ1v) is 12.0. The third-order valence-electron chi connectivity index (χ3n) is 4.97. The van der Waals surface area contributed by atoms with E-state index in [1.165, 1.54) is 11.9 Å². The van der Waals surface area contributed by atoms with Crippen LogP contribution in [0.1, 0.15) is 5.56 Å². The van der Waals surface area contributed by atoms with Crippen LogP contribution in [-0.2, 0) is 10.0 Å². The van der Waals surface area contributed by atoms with Crippen LogP contribution in [0, 0.1) is 0 Å². The molecule has 0 bridgehead atoms. The first-order valence-electron chi connectivity index (χ1n) is 9.66. The summed E-state index contributed by atoms with van der Waals surface area (Å²) in [6, 6.07) is 8.89. The number of piperazine rings is 1. The maximum Gasteiger partial charge on any atom is 0.239 e. The van der Waals surface area contributed by atoms with E-state index in [0.717, 1.165) is 26.2 Å². The minimum atomic E-state index is -4.20. The highest BCUT2D eigenvalue weighted by molar-refractivity contribution is 7.98. The standard InChI is InChI=1S/C18H24N10O2S2/c19-17(26-27-21)14-10(11-2-1-3-12-15(11)25-18(20)24-12)4-5-13(16(14)32(22,29)30)31-28-8-6-23-7-9-28/h1-5,23,27H,6-9,21H2,(H2,19,26)(H3,20,24,25)(H2,22,29,30). The first kappa shape index (κ1) is 22.3. The molecule has 1 fully saturated rings. The number of fused-ring (bicyclic) bond motifs is 1. The number of nitrogen functional groups attached to an aromatic ring is 1. The summed E-state index contributed by atoms with van der Waals surface area (Å²) in [7, 11) is -4.20. The van der Waals surface area contributed by atoms with Gasteiger partial charge in [0.2, 0.25) is 10.0 Å². The van der Waals surface area contributed by atoms with Crippen LogP contribution in [0.25, 0.3) is 22.2 Å². The van der Waals surface area contributed by atoms with Gasteiger partial charge in [0, 0.05) is 42.2 Å². The predicted molar refractivity (Wildman–Crippen MR) is 126 cm³/mol. The van der Waals surface area contributed by atoms with Crippen LogP contribution in [0.5, 0.6) is 0 Å². The number of sulfonamides is 1. The molecule has 12 nitrogen and oxygen atoms in total. The monoisotopic (exact) mass is 476 g/mol. The highest BCUT2D eigenvalue weighted by Gasteiger charge is 2.28. The van der Waals surface area contributed by atoms with Crippen molar-refractivity contribution in [3.63, 3.8) is 0 Å². The van der Waals surface area contributed by atoms with Crippen LogP contribution in [0.4, 0.5) is 5.95 Å². The van der Waals surface area contributed by atoms with E-state index < -0.39 is 10.0 Å². The zero-order valence-corrected chi connectivity index (χ0v) is 18.6.